The van der Waals surface area contributed by atoms with E-state index in [2.05, 4.69) is 275 Å². The van der Waals surface area contributed by atoms with Gasteiger partial charge in [-0.25, -0.2) is 9.97 Å². The molecule has 4 aromatic heterocycles. The van der Waals surface area contributed by atoms with Gasteiger partial charge in [-0.3, -0.25) is 0 Å². The van der Waals surface area contributed by atoms with Crippen molar-refractivity contribution in [3.63, 3.8) is 0 Å². The Morgan fingerprint density at radius 2 is 0.889 bits per heavy atom. The summed E-state index contributed by atoms with van der Waals surface area (Å²) < 4.78 is 4.69. The van der Waals surface area contributed by atoms with Gasteiger partial charge in [0, 0.05) is 67.7 Å². The van der Waals surface area contributed by atoms with E-state index in [0.717, 1.165) is 84.3 Å². The first-order chi connectivity index (χ1) is 35.7. The number of hydrogen-bond donors (Lipinski definition) is 0. The van der Waals surface area contributed by atoms with Gasteiger partial charge >= 0.3 is 0 Å². The van der Waals surface area contributed by atoms with E-state index >= 15 is 0 Å². The van der Waals surface area contributed by atoms with Gasteiger partial charge < -0.3 is 9.47 Å². The molecule has 1 aliphatic heterocycles. The minimum atomic E-state index is 0.664. The monoisotopic (exact) mass is 918 g/mol. The Morgan fingerprint density at radius 1 is 0.347 bits per heavy atom. The molecule has 0 fully saturated rings. The minimum absolute atomic E-state index is 0.664. The summed E-state index contributed by atoms with van der Waals surface area (Å²) in [5.74, 6) is 0.664. The van der Waals surface area contributed by atoms with Crippen LogP contribution in [0.5, 0.6) is 0 Å². The summed E-state index contributed by atoms with van der Waals surface area (Å²) in [5, 5.41) is 3.62. The first kappa shape index (κ1) is 41.3. The first-order valence-corrected chi connectivity index (χ1v) is 24.5. The maximum atomic E-state index is 5.33. The summed E-state index contributed by atoms with van der Waals surface area (Å²) in [6.07, 6.45) is 4.41. The van der Waals surface area contributed by atoms with Crippen LogP contribution in [0.3, 0.4) is 0 Å². The van der Waals surface area contributed by atoms with Crippen LogP contribution in [0.15, 0.2) is 267 Å². The van der Waals surface area contributed by atoms with Crippen LogP contribution in [0.1, 0.15) is 0 Å². The lowest BCUT2D eigenvalue weighted by molar-refractivity contribution is -0.510. The molecule has 0 unspecified atom stereocenters. The van der Waals surface area contributed by atoms with Crippen molar-refractivity contribution in [2.24, 2.45) is 0 Å². The van der Waals surface area contributed by atoms with Crippen molar-refractivity contribution in [1.82, 2.24) is 14.5 Å². The molecule has 0 radical (unpaired) electrons. The second-order valence-electron chi connectivity index (χ2n) is 18.4. The first-order valence-electron chi connectivity index (χ1n) is 24.5. The normalized spacial score (nSPS) is 11.9. The molecule has 1 aliphatic rings. The van der Waals surface area contributed by atoms with E-state index in [4.69, 9.17) is 9.97 Å². The number of fused-ring (bicyclic) bond motifs is 10. The van der Waals surface area contributed by atoms with Crippen molar-refractivity contribution in [1.29, 1.82) is 0 Å². The van der Waals surface area contributed by atoms with Gasteiger partial charge in [-0.2, -0.15) is 4.40 Å². The van der Waals surface area contributed by atoms with E-state index in [1.807, 2.05) is 6.07 Å². The maximum absolute atomic E-state index is 5.33. The fourth-order valence-electron chi connectivity index (χ4n) is 10.9. The third kappa shape index (κ3) is 6.90. The lowest BCUT2D eigenvalue weighted by atomic mass is 9.98. The van der Waals surface area contributed by atoms with Gasteiger partial charge in [0.1, 0.15) is 0 Å². The smallest absolute Gasteiger partial charge is 0.218 e. The van der Waals surface area contributed by atoms with Crippen LogP contribution < -0.4 is 9.30 Å². The molecular formula is C67H44N5+. The second-order valence-corrected chi connectivity index (χ2v) is 18.4. The molecule has 72 heavy (non-hydrogen) atoms. The van der Waals surface area contributed by atoms with Crippen LogP contribution in [0.4, 0.5) is 17.1 Å². The Kier molecular flexibility index (Phi) is 9.78. The molecule has 0 spiro atoms. The number of nitrogens with zero attached hydrogens (tertiary/aromatic N) is 5. The molecule has 5 heteroatoms. The van der Waals surface area contributed by atoms with Crippen LogP contribution in [0.25, 0.3) is 111 Å². The average molecular weight is 919 g/mol. The molecule has 336 valence electrons. The van der Waals surface area contributed by atoms with Crippen LogP contribution in [-0.4, -0.2) is 14.5 Å². The Labute approximate surface area is 417 Å². The molecule has 0 aliphatic carbocycles. The van der Waals surface area contributed by atoms with Crippen molar-refractivity contribution in [2.75, 3.05) is 4.90 Å². The van der Waals surface area contributed by atoms with Crippen molar-refractivity contribution in [3.8, 4) is 84.2 Å². The standard InChI is InChI=1S/C67H44N5/c1-3-19-45(20-4-1)46-36-38-48(39-37-46)60-43-59(47-21-5-2-6-22-47)68-67(69-60)50-24-18-26-52(42-50)72-63-34-13-10-30-56(63)65-55-29-9-12-33-62(55)71(64-35-14-11-31-57(64)66(65)72)51-25-17-23-49(41-51)58-44-70-40-16-15-32-61(70)54-28-8-7-27-53(54)58/h1-44H/q+1. The maximum Gasteiger partial charge on any atom is 0.218 e. The molecule has 5 heterocycles. The molecule has 13 aromatic rings. The van der Waals surface area contributed by atoms with Gasteiger partial charge in [0.25, 0.3) is 0 Å². The largest absolute Gasteiger partial charge is 0.309 e. The molecule has 9 aromatic carbocycles. The molecule has 0 N–H and O–H groups in total. The van der Waals surface area contributed by atoms with E-state index in [-0.39, 0.29) is 0 Å². The highest BCUT2D eigenvalue weighted by atomic mass is 15.2. The predicted octanol–water partition coefficient (Wildman–Crippen LogP) is 16.8. The summed E-state index contributed by atoms with van der Waals surface area (Å²) >= 11 is 0. The lowest BCUT2D eigenvalue weighted by Crippen LogP contribution is -2.21. The Balaban J connectivity index is 0.942. The fraction of sp³-hybridized carbons (Fsp3) is 0. The summed E-state index contributed by atoms with van der Waals surface area (Å²) in [6, 6.07) is 91.2. The van der Waals surface area contributed by atoms with Gasteiger partial charge in [0.05, 0.1) is 44.9 Å². The SMILES string of the molecule is c1ccc(-c2ccc(-c3cc(-c4ccccc4)nc(-c4cccc(-n5c6c(c7ccccc75)-c5ccccc5N(c5cccc(-c7c[n+]8ccccc8c8ccccc78)c5)c5ccccc5-6)c4)n3)cc2)cc1. The predicted molar refractivity (Wildman–Crippen MR) is 296 cm³/mol. The minimum Gasteiger partial charge on any atom is -0.309 e. The second kappa shape index (κ2) is 17.1. The Hall–Kier alpha value is -9.71. The molecule has 5 nitrogen and oxygen atoms in total. The zero-order chi connectivity index (χ0) is 47.5. The van der Waals surface area contributed by atoms with Crippen molar-refractivity contribution in [2.45, 2.75) is 0 Å². The van der Waals surface area contributed by atoms with E-state index in [1.165, 1.54) is 38.4 Å². The number of hydrogen-bond acceptors (Lipinski definition) is 3. The quantitative estimate of drug-likeness (QED) is 0.118. The number of pyridine rings is 2. The van der Waals surface area contributed by atoms with Crippen LogP contribution in [-0.2, 0) is 0 Å². The average Bonchev–Trinajstić information content (AvgIpc) is 3.74. The topological polar surface area (TPSA) is 38.1 Å². The van der Waals surface area contributed by atoms with Crippen molar-refractivity contribution >= 4 is 44.3 Å². The lowest BCUT2D eigenvalue weighted by Gasteiger charge is -2.28. The highest BCUT2D eigenvalue weighted by Gasteiger charge is 2.32. The van der Waals surface area contributed by atoms with Crippen LogP contribution >= 0.6 is 0 Å². The Bertz CT molecular complexity index is 4220. The van der Waals surface area contributed by atoms with Gasteiger partial charge in [-0.05, 0) is 77.4 Å². The number of aromatic nitrogens is 4. The molecule has 0 saturated carbocycles. The van der Waals surface area contributed by atoms with Crippen molar-refractivity contribution in [3.05, 3.63) is 267 Å². The molecule has 0 amide bonds. The highest BCUT2D eigenvalue weighted by molar-refractivity contribution is 6.13. The van der Waals surface area contributed by atoms with E-state index in [0.29, 0.717) is 5.82 Å². The number of benzene rings is 9. The molecule has 0 bridgehead atoms. The zero-order valence-electron chi connectivity index (χ0n) is 39.1. The summed E-state index contributed by atoms with van der Waals surface area (Å²) in [5.41, 5.74) is 20.7. The Morgan fingerprint density at radius 3 is 1.67 bits per heavy atom. The van der Waals surface area contributed by atoms with Gasteiger partial charge in [0.2, 0.25) is 5.52 Å². The van der Waals surface area contributed by atoms with E-state index < -0.39 is 0 Å². The number of anilines is 3. The molecular weight excluding hydrogens is 875 g/mol. The zero-order valence-corrected chi connectivity index (χ0v) is 39.1. The number of para-hydroxylation sites is 3. The van der Waals surface area contributed by atoms with Crippen LogP contribution in [0.2, 0.25) is 0 Å². The fourth-order valence-corrected chi connectivity index (χ4v) is 10.9. The third-order valence-corrected chi connectivity index (χ3v) is 14.2. The summed E-state index contributed by atoms with van der Waals surface area (Å²) in [7, 11) is 0. The van der Waals surface area contributed by atoms with Gasteiger partial charge in [0.15, 0.2) is 18.2 Å². The van der Waals surface area contributed by atoms with Gasteiger partial charge in [-0.1, -0.05) is 182 Å². The molecule has 0 atom stereocenters. The summed E-state index contributed by atoms with van der Waals surface area (Å²) in [4.78, 5) is 13.1. The van der Waals surface area contributed by atoms with Crippen LogP contribution in [0, 0.1) is 0 Å². The number of rotatable bonds is 7. The molecule has 14 rings (SSSR count). The highest BCUT2D eigenvalue weighted by Crippen LogP contribution is 2.54. The van der Waals surface area contributed by atoms with Gasteiger partial charge in [-0.15, -0.1) is 0 Å². The molecule has 0 saturated heterocycles. The summed E-state index contributed by atoms with van der Waals surface area (Å²) in [6.45, 7) is 0. The van der Waals surface area contributed by atoms with E-state index in [1.54, 1.807) is 0 Å². The van der Waals surface area contributed by atoms with Crippen molar-refractivity contribution < 1.29 is 4.40 Å². The van der Waals surface area contributed by atoms with E-state index in [9.17, 15) is 0 Å². The third-order valence-electron chi connectivity index (χ3n) is 14.2.